The van der Waals surface area contributed by atoms with Gasteiger partial charge in [-0.15, -0.1) is 0 Å². The minimum atomic E-state index is -0.714. The van der Waals surface area contributed by atoms with Crippen LogP contribution < -0.4 is 0 Å². The molecule has 0 aliphatic carbocycles. The zero-order chi connectivity index (χ0) is 12.6. The minimum absolute atomic E-state index is 0.224. The monoisotopic (exact) mass is 554 g/mol. The van der Waals surface area contributed by atoms with Crippen molar-refractivity contribution in [3.8, 4) is 0 Å². The molecule has 7 heteroatoms. The third-order valence-electron chi connectivity index (χ3n) is 2.20. The standard InChI is InChI=1S/C10H7Br5O2/c11-7-2-1-6(8(12)9(7)13)10(14,15)17-4-5-3-16-5/h1-2,5H,3-4H2. The zero-order valence-electron chi connectivity index (χ0n) is 8.35. The number of alkyl halides is 2. The topological polar surface area (TPSA) is 21.8 Å². The Labute approximate surface area is 141 Å². The van der Waals surface area contributed by atoms with Crippen molar-refractivity contribution in [2.24, 2.45) is 0 Å². The molecule has 94 valence electrons. The summed E-state index contributed by atoms with van der Waals surface area (Å²) in [4.78, 5) is 0. The molecule has 0 N–H and O–H groups in total. The molecule has 1 aliphatic heterocycles. The van der Waals surface area contributed by atoms with Crippen molar-refractivity contribution in [1.82, 2.24) is 0 Å². The van der Waals surface area contributed by atoms with Crippen molar-refractivity contribution < 1.29 is 9.47 Å². The molecule has 1 saturated heterocycles. The highest BCUT2D eigenvalue weighted by molar-refractivity contribution is 9.24. The van der Waals surface area contributed by atoms with Gasteiger partial charge in [-0.25, -0.2) is 0 Å². The average Bonchev–Trinajstić information content (AvgIpc) is 3.07. The van der Waals surface area contributed by atoms with E-state index in [-0.39, 0.29) is 6.10 Å². The number of rotatable bonds is 4. The van der Waals surface area contributed by atoms with Gasteiger partial charge in [-0.1, -0.05) is 6.07 Å². The lowest BCUT2D eigenvalue weighted by atomic mass is 10.2. The van der Waals surface area contributed by atoms with Gasteiger partial charge in [-0.3, -0.25) is 0 Å². The summed E-state index contributed by atoms with van der Waals surface area (Å²) in [5.74, 6) is 0. The first-order valence-electron chi connectivity index (χ1n) is 4.69. The smallest absolute Gasteiger partial charge is 0.204 e. The summed E-state index contributed by atoms with van der Waals surface area (Å²) in [7, 11) is 0. The van der Waals surface area contributed by atoms with Crippen LogP contribution in [0.5, 0.6) is 0 Å². The quantitative estimate of drug-likeness (QED) is 0.285. The van der Waals surface area contributed by atoms with Crippen molar-refractivity contribution in [2.75, 3.05) is 13.2 Å². The van der Waals surface area contributed by atoms with Crippen LogP contribution in [0.3, 0.4) is 0 Å². The molecule has 1 aromatic rings. The number of ether oxygens (including phenoxy) is 2. The Morgan fingerprint density at radius 1 is 1.24 bits per heavy atom. The molecule has 1 unspecified atom stereocenters. The van der Waals surface area contributed by atoms with E-state index in [1.807, 2.05) is 12.1 Å². The first-order chi connectivity index (χ1) is 7.92. The van der Waals surface area contributed by atoms with Crippen LogP contribution in [0.4, 0.5) is 0 Å². The van der Waals surface area contributed by atoms with Gasteiger partial charge in [-0.2, -0.15) is 0 Å². The van der Waals surface area contributed by atoms with E-state index in [4.69, 9.17) is 9.47 Å². The summed E-state index contributed by atoms with van der Waals surface area (Å²) >= 11 is 17.5. The predicted octanol–water partition coefficient (Wildman–Crippen LogP) is 5.29. The van der Waals surface area contributed by atoms with Crippen molar-refractivity contribution in [3.63, 3.8) is 0 Å². The van der Waals surface area contributed by atoms with E-state index < -0.39 is 3.42 Å². The fraction of sp³-hybridized carbons (Fsp3) is 0.400. The molecule has 17 heavy (non-hydrogen) atoms. The van der Waals surface area contributed by atoms with Gasteiger partial charge in [0, 0.05) is 19.0 Å². The minimum Gasteiger partial charge on any atom is -0.371 e. The van der Waals surface area contributed by atoms with Gasteiger partial charge in [0.15, 0.2) is 0 Å². The van der Waals surface area contributed by atoms with Gasteiger partial charge in [0.25, 0.3) is 0 Å². The molecular formula is C10H7Br5O2. The Bertz CT molecular complexity index is 431. The van der Waals surface area contributed by atoms with Crippen LogP contribution in [-0.4, -0.2) is 19.3 Å². The fourth-order valence-electron chi connectivity index (χ4n) is 1.19. The Hall–Kier alpha value is 1.54. The largest absolute Gasteiger partial charge is 0.371 e. The zero-order valence-corrected chi connectivity index (χ0v) is 16.3. The van der Waals surface area contributed by atoms with Gasteiger partial charge < -0.3 is 9.47 Å². The number of hydrogen-bond acceptors (Lipinski definition) is 2. The van der Waals surface area contributed by atoms with Crippen molar-refractivity contribution in [3.05, 3.63) is 31.1 Å². The van der Waals surface area contributed by atoms with Gasteiger partial charge in [0.05, 0.1) is 13.2 Å². The predicted molar refractivity (Wildman–Crippen MR) is 84.8 cm³/mol. The van der Waals surface area contributed by atoms with E-state index in [0.717, 1.165) is 25.6 Å². The summed E-state index contributed by atoms with van der Waals surface area (Å²) in [5.41, 5.74) is 0.952. The SMILES string of the molecule is Brc1ccc(C(Br)(Br)OCC2CO2)c(Br)c1Br. The Morgan fingerprint density at radius 3 is 2.47 bits per heavy atom. The highest BCUT2D eigenvalue weighted by atomic mass is 79.9. The molecule has 1 aliphatic rings. The second kappa shape index (κ2) is 5.89. The lowest BCUT2D eigenvalue weighted by molar-refractivity contribution is 0.0831. The number of epoxide rings is 1. The van der Waals surface area contributed by atoms with Crippen LogP contribution in [0.15, 0.2) is 25.6 Å². The van der Waals surface area contributed by atoms with Crippen LogP contribution in [0.25, 0.3) is 0 Å². The third-order valence-corrected chi connectivity index (χ3v) is 6.89. The van der Waals surface area contributed by atoms with Crippen molar-refractivity contribution in [1.29, 1.82) is 0 Å². The molecule has 0 aromatic heterocycles. The van der Waals surface area contributed by atoms with Gasteiger partial charge >= 0.3 is 0 Å². The summed E-state index contributed by atoms with van der Waals surface area (Å²) in [6.07, 6.45) is 0.224. The van der Waals surface area contributed by atoms with E-state index in [9.17, 15) is 0 Å². The highest BCUT2D eigenvalue weighted by Crippen LogP contribution is 2.46. The van der Waals surface area contributed by atoms with Gasteiger partial charge in [0.2, 0.25) is 3.42 Å². The number of hydrogen-bond donors (Lipinski definition) is 0. The van der Waals surface area contributed by atoms with Crippen LogP contribution in [0.2, 0.25) is 0 Å². The number of benzene rings is 1. The third kappa shape index (κ3) is 3.77. The van der Waals surface area contributed by atoms with Gasteiger partial charge in [-0.05, 0) is 85.7 Å². The molecule has 0 saturated carbocycles. The Morgan fingerprint density at radius 2 is 1.88 bits per heavy atom. The first kappa shape index (κ1) is 14.9. The molecule has 2 nitrogen and oxygen atoms in total. The summed E-state index contributed by atoms with van der Waals surface area (Å²) < 4.78 is 13.0. The van der Waals surface area contributed by atoms with E-state index in [1.165, 1.54) is 0 Å². The van der Waals surface area contributed by atoms with Gasteiger partial charge in [0.1, 0.15) is 6.10 Å². The summed E-state index contributed by atoms with van der Waals surface area (Å²) in [6.45, 7) is 1.33. The first-order valence-corrected chi connectivity index (χ1v) is 8.65. The molecule has 1 fully saturated rings. The molecule has 1 atom stereocenters. The fourth-order valence-corrected chi connectivity index (χ4v) is 4.21. The normalized spacial score (nSPS) is 19.5. The van der Waals surface area contributed by atoms with Crippen LogP contribution in [0, 0.1) is 0 Å². The van der Waals surface area contributed by atoms with Crippen molar-refractivity contribution in [2.45, 2.75) is 9.52 Å². The lowest BCUT2D eigenvalue weighted by Crippen LogP contribution is -2.18. The summed E-state index contributed by atoms with van der Waals surface area (Å²) in [6, 6.07) is 3.93. The van der Waals surface area contributed by atoms with Crippen LogP contribution in [0.1, 0.15) is 5.56 Å². The number of halogens is 5. The Kier molecular flexibility index (Phi) is 5.18. The molecule has 0 amide bonds. The maximum Gasteiger partial charge on any atom is 0.204 e. The lowest BCUT2D eigenvalue weighted by Gasteiger charge is -2.23. The van der Waals surface area contributed by atoms with E-state index in [0.29, 0.717) is 6.61 Å². The summed E-state index contributed by atoms with van der Waals surface area (Å²) in [5, 5.41) is 0. The second-order valence-electron chi connectivity index (χ2n) is 3.51. The van der Waals surface area contributed by atoms with Crippen molar-refractivity contribution >= 4 is 79.6 Å². The second-order valence-corrected chi connectivity index (χ2v) is 9.24. The average molecular weight is 559 g/mol. The van der Waals surface area contributed by atoms with E-state index >= 15 is 0 Å². The molecule has 2 rings (SSSR count). The Balaban J connectivity index is 2.21. The molecule has 1 heterocycles. The van der Waals surface area contributed by atoms with Crippen LogP contribution in [-0.2, 0) is 12.9 Å². The molecule has 0 radical (unpaired) electrons. The van der Waals surface area contributed by atoms with E-state index in [1.54, 1.807) is 0 Å². The molecular weight excluding hydrogens is 552 g/mol. The van der Waals surface area contributed by atoms with E-state index in [2.05, 4.69) is 79.6 Å². The maximum atomic E-state index is 5.76. The molecule has 0 bridgehead atoms. The highest BCUT2D eigenvalue weighted by Gasteiger charge is 2.33. The van der Waals surface area contributed by atoms with Crippen LogP contribution >= 0.6 is 79.6 Å². The molecule has 0 spiro atoms. The molecule has 1 aromatic carbocycles. The maximum absolute atomic E-state index is 5.76.